The number of carbonyl (C=O) groups excluding carboxylic acids is 3. The fourth-order valence-corrected chi connectivity index (χ4v) is 8.80. The van der Waals surface area contributed by atoms with E-state index < -0.39 is 32.1 Å². The largest absolute Gasteiger partial charge is 0.481 e. The van der Waals surface area contributed by atoms with Gasteiger partial charge in [-0.2, -0.15) is 0 Å². The smallest absolute Gasteiger partial charge is 0.316 e. The van der Waals surface area contributed by atoms with Gasteiger partial charge >= 0.3 is 11.9 Å². The Morgan fingerprint density at radius 3 is 1.52 bits per heavy atom. The molecule has 1 N–H and O–H groups in total. The summed E-state index contributed by atoms with van der Waals surface area (Å²) >= 11 is 13.4. The monoisotopic (exact) mass is 670 g/mol. The van der Waals surface area contributed by atoms with Crippen LogP contribution in [-0.2, 0) is 23.9 Å². The highest BCUT2D eigenvalue weighted by atomic mass is 35.5. The summed E-state index contributed by atoms with van der Waals surface area (Å²) in [5.74, 6) is -1.68. The Labute approximate surface area is 281 Å². The third kappa shape index (κ3) is 5.39. The zero-order chi connectivity index (χ0) is 33.7. The Bertz CT molecular complexity index is 1500. The minimum absolute atomic E-state index is 0.130. The molecule has 8 nitrogen and oxygen atoms in total. The molecule has 46 heavy (non-hydrogen) atoms. The molecule has 0 aromatic heterocycles. The van der Waals surface area contributed by atoms with Gasteiger partial charge in [0.25, 0.3) is 0 Å². The van der Waals surface area contributed by atoms with Gasteiger partial charge in [0.05, 0.1) is 12.1 Å². The van der Waals surface area contributed by atoms with Gasteiger partial charge in [0.2, 0.25) is 11.8 Å². The number of carboxylic acids is 1. The SMILES string of the molecule is C[C@H](c1ccccc1)N1C[C@]2(C(=O)O)CCC[C@]2(Cl)C1=O.C[C@H](c1ccccc1)N1C[C@]2(C(=O)OC(C)(C)C)CCC[C@]2(Cl)C1=O. The van der Waals surface area contributed by atoms with E-state index in [2.05, 4.69) is 0 Å². The van der Waals surface area contributed by atoms with Crippen LogP contribution in [0, 0.1) is 10.8 Å². The van der Waals surface area contributed by atoms with Crippen LogP contribution >= 0.6 is 23.2 Å². The summed E-state index contributed by atoms with van der Waals surface area (Å²) in [6, 6.07) is 19.2. The Morgan fingerprint density at radius 2 is 1.13 bits per heavy atom. The molecule has 2 aromatic carbocycles. The number of carboxylic acid groups (broad SMARTS) is 1. The van der Waals surface area contributed by atoms with Gasteiger partial charge in [-0.05, 0) is 84.3 Å². The molecule has 2 aliphatic carbocycles. The number of fused-ring (bicyclic) bond motifs is 2. The van der Waals surface area contributed by atoms with Gasteiger partial charge in [0.15, 0.2) is 0 Å². The van der Waals surface area contributed by atoms with Gasteiger partial charge in [0, 0.05) is 13.1 Å². The number of amides is 2. The van der Waals surface area contributed by atoms with Crippen molar-refractivity contribution < 1.29 is 29.0 Å². The third-order valence-corrected chi connectivity index (χ3v) is 12.0. The maximum atomic E-state index is 13.2. The first kappa shape index (κ1) is 34.2. The van der Waals surface area contributed by atoms with Crippen molar-refractivity contribution in [1.82, 2.24) is 9.80 Å². The number of aliphatic carboxylic acids is 1. The van der Waals surface area contributed by atoms with Crippen molar-refractivity contribution >= 4 is 47.0 Å². The number of carbonyl (C=O) groups is 4. The quantitative estimate of drug-likeness (QED) is 0.265. The highest BCUT2D eigenvalue weighted by molar-refractivity contribution is 6.38. The average Bonchev–Trinajstić information content (AvgIpc) is 3.68. The van der Waals surface area contributed by atoms with Crippen molar-refractivity contribution in [3.8, 4) is 0 Å². The molecule has 4 fully saturated rings. The van der Waals surface area contributed by atoms with Crippen LogP contribution in [0.1, 0.15) is 96.4 Å². The van der Waals surface area contributed by atoms with Crippen molar-refractivity contribution in [2.24, 2.45) is 10.8 Å². The highest BCUT2D eigenvalue weighted by Gasteiger charge is 2.71. The van der Waals surface area contributed by atoms with Gasteiger partial charge < -0.3 is 19.6 Å². The predicted octanol–water partition coefficient (Wildman–Crippen LogP) is 6.90. The standard InChI is InChI=1S/C20H26ClNO3.C16H18ClNO3/c1-14(15-9-6-5-7-10-15)22-13-19(17(24)25-18(2,3)4)11-8-12-20(19,21)16(22)23;1-11(12-6-3-2-4-7-12)18-10-15(14(20)21)8-5-9-16(15,17)13(18)19/h5-7,9-10,14H,8,11-13H2,1-4H3;2-4,6-7,11H,5,8-10H2,1H3,(H,20,21)/t14-,19+,20+;11-,15+,16+/m11/s1. The van der Waals surface area contributed by atoms with Crippen LogP contribution in [0.25, 0.3) is 0 Å². The van der Waals surface area contributed by atoms with Crippen molar-refractivity contribution in [3.63, 3.8) is 0 Å². The lowest BCUT2D eigenvalue weighted by Gasteiger charge is -2.33. The number of ether oxygens (including phenoxy) is 1. The van der Waals surface area contributed by atoms with E-state index in [1.165, 1.54) is 0 Å². The van der Waals surface area contributed by atoms with E-state index >= 15 is 0 Å². The van der Waals surface area contributed by atoms with Crippen molar-refractivity contribution in [2.75, 3.05) is 13.1 Å². The molecule has 0 bridgehead atoms. The first-order chi connectivity index (χ1) is 21.5. The summed E-state index contributed by atoms with van der Waals surface area (Å²) in [5.41, 5.74) is -0.674. The molecule has 6 rings (SSSR count). The topological polar surface area (TPSA) is 104 Å². The second-order valence-corrected chi connectivity index (χ2v) is 15.6. The molecular formula is C36H44Cl2N2O6. The van der Waals surface area contributed by atoms with Crippen LogP contribution in [0.3, 0.4) is 0 Å². The van der Waals surface area contributed by atoms with E-state index in [1.54, 1.807) is 9.80 Å². The number of hydrogen-bond donors (Lipinski definition) is 1. The Balaban J connectivity index is 0.000000184. The van der Waals surface area contributed by atoms with Crippen LogP contribution < -0.4 is 0 Å². The Morgan fingerprint density at radius 1 is 0.739 bits per heavy atom. The van der Waals surface area contributed by atoms with E-state index in [9.17, 15) is 24.3 Å². The lowest BCUT2D eigenvalue weighted by molar-refractivity contribution is -0.168. The number of halogens is 2. The second-order valence-electron chi connectivity index (χ2n) is 14.3. The molecule has 4 aliphatic rings. The highest BCUT2D eigenvalue weighted by Crippen LogP contribution is 2.59. The summed E-state index contributed by atoms with van der Waals surface area (Å²) in [5, 5.41) is 9.66. The first-order valence-electron chi connectivity index (χ1n) is 16.1. The normalized spacial score (nSPS) is 31.5. The molecule has 2 heterocycles. The summed E-state index contributed by atoms with van der Waals surface area (Å²) < 4.78 is 5.67. The summed E-state index contributed by atoms with van der Waals surface area (Å²) in [4.78, 5) is 51.7. The minimum atomic E-state index is -1.28. The summed E-state index contributed by atoms with van der Waals surface area (Å²) in [7, 11) is 0. The van der Waals surface area contributed by atoms with E-state index in [0.717, 1.165) is 17.5 Å². The van der Waals surface area contributed by atoms with E-state index in [1.807, 2.05) is 95.3 Å². The lowest BCUT2D eigenvalue weighted by atomic mass is 9.79. The third-order valence-electron chi connectivity index (χ3n) is 10.5. The van der Waals surface area contributed by atoms with Crippen LogP contribution in [-0.4, -0.2) is 67.1 Å². The van der Waals surface area contributed by atoms with Gasteiger partial charge in [-0.1, -0.05) is 60.7 Å². The maximum Gasteiger partial charge on any atom is 0.316 e. The van der Waals surface area contributed by atoms with Crippen LogP contribution in [0.2, 0.25) is 0 Å². The first-order valence-corrected chi connectivity index (χ1v) is 16.9. The van der Waals surface area contributed by atoms with Gasteiger partial charge in [0.1, 0.15) is 26.2 Å². The number of hydrogen-bond acceptors (Lipinski definition) is 5. The maximum absolute atomic E-state index is 13.2. The number of esters is 1. The van der Waals surface area contributed by atoms with E-state index in [0.29, 0.717) is 38.6 Å². The summed E-state index contributed by atoms with van der Waals surface area (Å²) in [6.45, 7) is 9.94. The van der Waals surface area contributed by atoms with Gasteiger partial charge in [-0.3, -0.25) is 19.2 Å². The molecule has 2 saturated carbocycles. The van der Waals surface area contributed by atoms with E-state index in [4.69, 9.17) is 27.9 Å². The van der Waals surface area contributed by atoms with Crippen molar-refractivity contribution in [3.05, 3.63) is 71.8 Å². The predicted molar refractivity (Wildman–Crippen MR) is 176 cm³/mol. The molecule has 0 spiro atoms. The van der Waals surface area contributed by atoms with Crippen molar-refractivity contribution in [2.45, 2.75) is 101 Å². The van der Waals surface area contributed by atoms with Crippen LogP contribution in [0.4, 0.5) is 0 Å². The molecule has 2 amide bonds. The van der Waals surface area contributed by atoms with Gasteiger partial charge in [-0.15, -0.1) is 23.2 Å². The number of benzene rings is 2. The van der Waals surface area contributed by atoms with Crippen molar-refractivity contribution in [1.29, 1.82) is 0 Å². The molecule has 248 valence electrons. The molecule has 2 aliphatic heterocycles. The number of alkyl halides is 2. The molecule has 0 unspecified atom stereocenters. The zero-order valence-electron chi connectivity index (χ0n) is 27.2. The zero-order valence-corrected chi connectivity index (χ0v) is 28.7. The fourth-order valence-electron chi connectivity index (χ4n) is 7.85. The fraction of sp³-hybridized carbons (Fsp3) is 0.556. The summed E-state index contributed by atoms with van der Waals surface area (Å²) in [6.07, 6.45) is 3.48. The van der Waals surface area contributed by atoms with Gasteiger partial charge in [-0.25, -0.2) is 0 Å². The Kier molecular flexibility index (Phi) is 9.06. The molecule has 10 heteroatoms. The molecule has 0 radical (unpaired) electrons. The minimum Gasteiger partial charge on any atom is -0.481 e. The average molecular weight is 672 g/mol. The van der Waals surface area contributed by atoms with Crippen LogP contribution in [0.5, 0.6) is 0 Å². The Hall–Kier alpha value is -3.10. The number of rotatable bonds is 6. The molecule has 6 atom stereocenters. The molecular weight excluding hydrogens is 627 g/mol. The number of likely N-dealkylation sites (tertiary alicyclic amines) is 2. The van der Waals surface area contributed by atoms with Crippen LogP contribution in [0.15, 0.2) is 60.7 Å². The van der Waals surface area contributed by atoms with E-state index in [-0.39, 0.29) is 36.4 Å². The second kappa shape index (κ2) is 12.2. The lowest BCUT2D eigenvalue weighted by Crippen LogP contribution is -2.48. The molecule has 2 aromatic rings. The number of nitrogens with zero attached hydrogens (tertiary/aromatic N) is 2. The molecule has 2 saturated heterocycles.